The molecule has 0 radical (unpaired) electrons. The zero-order valence-corrected chi connectivity index (χ0v) is 14.8. The summed E-state index contributed by atoms with van der Waals surface area (Å²) in [7, 11) is 0. The Hall–Kier alpha value is -3.40. The molecule has 0 bridgehead atoms. The molecule has 4 nitrogen and oxygen atoms in total. The largest absolute Gasteiger partial charge is 0.324 e. The van der Waals surface area contributed by atoms with E-state index < -0.39 is 6.04 Å². The summed E-state index contributed by atoms with van der Waals surface area (Å²) in [6.45, 7) is 0.427. The lowest BCUT2D eigenvalue weighted by molar-refractivity contribution is -0.121. The van der Waals surface area contributed by atoms with Crippen molar-refractivity contribution in [3.63, 3.8) is 0 Å². The average Bonchev–Trinajstić information content (AvgIpc) is 2.73. The van der Waals surface area contributed by atoms with E-state index in [1.54, 1.807) is 17.0 Å². The molecule has 0 aliphatic carbocycles. The molecule has 1 unspecified atom stereocenters. The zero-order chi connectivity index (χ0) is 18.6. The van der Waals surface area contributed by atoms with Gasteiger partial charge >= 0.3 is 0 Å². The highest BCUT2D eigenvalue weighted by atomic mass is 16.2. The molecule has 3 aromatic carbocycles. The summed E-state index contributed by atoms with van der Waals surface area (Å²) in [4.78, 5) is 27.8. The number of carbonyl (C=O) groups is 2. The number of nitrogens with zero attached hydrogens (tertiary/aromatic N) is 1. The van der Waals surface area contributed by atoms with Crippen molar-refractivity contribution in [3.05, 3.63) is 102 Å². The van der Waals surface area contributed by atoms with Crippen molar-refractivity contribution < 1.29 is 9.59 Å². The van der Waals surface area contributed by atoms with E-state index in [2.05, 4.69) is 5.32 Å². The lowest BCUT2D eigenvalue weighted by Gasteiger charge is -2.36. The number of benzene rings is 3. The van der Waals surface area contributed by atoms with Crippen molar-refractivity contribution in [1.82, 2.24) is 4.90 Å². The Kier molecular flexibility index (Phi) is 4.71. The van der Waals surface area contributed by atoms with Crippen LogP contribution in [0.4, 0.5) is 5.69 Å². The second-order valence-electron chi connectivity index (χ2n) is 6.64. The van der Waals surface area contributed by atoms with Crippen LogP contribution in [0.3, 0.4) is 0 Å². The number of amides is 2. The molecule has 1 N–H and O–H groups in total. The van der Waals surface area contributed by atoms with Crippen LogP contribution in [0.1, 0.15) is 21.5 Å². The second kappa shape index (κ2) is 7.46. The molecule has 27 heavy (non-hydrogen) atoms. The Bertz CT molecular complexity index is 954. The van der Waals surface area contributed by atoms with Gasteiger partial charge in [-0.2, -0.15) is 0 Å². The minimum atomic E-state index is -0.548. The summed E-state index contributed by atoms with van der Waals surface area (Å²) in [5.74, 6) is -0.293. The fourth-order valence-corrected chi connectivity index (χ4v) is 3.46. The van der Waals surface area contributed by atoms with E-state index in [-0.39, 0.29) is 11.8 Å². The number of hydrogen-bond acceptors (Lipinski definition) is 2. The van der Waals surface area contributed by atoms with Crippen LogP contribution in [-0.4, -0.2) is 22.8 Å². The monoisotopic (exact) mass is 356 g/mol. The van der Waals surface area contributed by atoms with Crippen molar-refractivity contribution in [3.8, 4) is 0 Å². The molecule has 0 fully saturated rings. The van der Waals surface area contributed by atoms with Gasteiger partial charge in [-0.15, -0.1) is 0 Å². The first kappa shape index (κ1) is 17.0. The number of rotatable bonds is 3. The number of para-hydroxylation sites is 1. The summed E-state index contributed by atoms with van der Waals surface area (Å²) < 4.78 is 0. The van der Waals surface area contributed by atoms with E-state index in [9.17, 15) is 9.59 Å². The van der Waals surface area contributed by atoms with Crippen LogP contribution in [0.5, 0.6) is 0 Å². The second-order valence-corrected chi connectivity index (χ2v) is 6.64. The van der Waals surface area contributed by atoms with Gasteiger partial charge in [-0.05, 0) is 35.4 Å². The molecule has 1 heterocycles. The minimum absolute atomic E-state index is 0.127. The first-order chi connectivity index (χ1) is 13.2. The van der Waals surface area contributed by atoms with Crippen LogP contribution in [0.15, 0.2) is 84.9 Å². The molecule has 134 valence electrons. The Morgan fingerprint density at radius 1 is 0.778 bits per heavy atom. The summed E-state index contributed by atoms with van der Waals surface area (Å²) in [5.41, 5.74) is 3.52. The summed E-state index contributed by atoms with van der Waals surface area (Å²) >= 11 is 0. The van der Waals surface area contributed by atoms with E-state index in [1.165, 1.54) is 0 Å². The van der Waals surface area contributed by atoms with Gasteiger partial charge in [-0.1, -0.05) is 60.7 Å². The van der Waals surface area contributed by atoms with E-state index in [0.29, 0.717) is 18.5 Å². The molecule has 1 aliphatic heterocycles. The molecule has 1 atom stereocenters. The van der Waals surface area contributed by atoms with E-state index >= 15 is 0 Å². The van der Waals surface area contributed by atoms with Gasteiger partial charge in [0.05, 0.1) is 0 Å². The highest BCUT2D eigenvalue weighted by Crippen LogP contribution is 2.26. The zero-order valence-electron chi connectivity index (χ0n) is 14.8. The molecule has 0 aromatic heterocycles. The predicted octanol–water partition coefficient (Wildman–Crippen LogP) is 3.89. The fraction of sp³-hybridized carbons (Fsp3) is 0.130. The molecule has 3 aromatic rings. The quantitative estimate of drug-likeness (QED) is 0.774. The molecular formula is C23H20N2O2. The number of carbonyl (C=O) groups excluding carboxylic acids is 2. The molecule has 0 saturated heterocycles. The van der Waals surface area contributed by atoms with Gasteiger partial charge in [0.1, 0.15) is 6.04 Å². The lowest BCUT2D eigenvalue weighted by Crippen LogP contribution is -2.50. The highest BCUT2D eigenvalue weighted by Gasteiger charge is 2.35. The third-order valence-corrected chi connectivity index (χ3v) is 4.87. The third kappa shape index (κ3) is 3.60. The predicted molar refractivity (Wildman–Crippen MR) is 105 cm³/mol. The molecule has 0 saturated carbocycles. The van der Waals surface area contributed by atoms with Crippen molar-refractivity contribution in [2.24, 2.45) is 0 Å². The molecule has 0 spiro atoms. The molecule has 4 heteroatoms. The minimum Gasteiger partial charge on any atom is -0.324 e. The van der Waals surface area contributed by atoms with Gasteiger partial charge in [0.15, 0.2) is 0 Å². The molecular weight excluding hydrogens is 336 g/mol. The van der Waals surface area contributed by atoms with E-state index in [4.69, 9.17) is 0 Å². The summed E-state index contributed by atoms with van der Waals surface area (Å²) in [6.07, 6.45) is 0.507. The van der Waals surface area contributed by atoms with Crippen molar-refractivity contribution in [2.45, 2.75) is 19.0 Å². The van der Waals surface area contributed by atoms with Gasteiger partial charge in [0.2, 0.25) is 5.91 Å². The van der Waals surface area contributed by atoms with Gasteiger partial charge in [-0.3, -0.25) is 9.59 Å². The third-order valence-electron chi connectivity index (χ3n) is 4.87. The van der Waals surface area contributed by atoms with Crippen molar-refractivity contribution in [2.75, 3.05) is 5.32 Å². The van der Waals surface area contributed by atoms with Crippen LogP contribution in [0, 0.1) is 0 Å². The van der Waals surface area contributed by atoms with Crippen LogP contribution < -0.4 is 5.32 Å². The normalized spacial score (nSPS) is 15.7. The average molecular weight is 356 g/mol. The SMILES string of the molecule is O=C(Nc1ccccc1)C1Cc2ccccc2CN1C(=O)c1ccccc1. The number of hydrogen-bond donors (Lipinski definition) is 1. The van der Waals surface area contributed by atoms with Crippen LogP contribution in [-0.2, 0) is 17.8 Å². The number of fused-ring (bicyclic) bond motifs is 1. The smallest absolute Gasteiger partial charge is 0.254 e. The summed E-state index contributed by atoms with van der Waals surface area (Å²) in [5, 5.41) is 2.95. The fourth-order valence-electron chi connectivity index (χ4n) is 3.46. The van der Waals surface area contributed by atoms with Gasteiger partial charge in [-0.25, -0.2) is 0 Å². The van der Waals surface area contributed by atoms with Crippen LogP contribution in [0.25, 0.3) is 0 Å². The van der Waals surface area contributed by atoms with E-state index in [1.807, 2.05) is 72.8 Å². The van der Waals surface area contributed by atoms with Gasteiger partial charge in [0, 0.05) is 24.2 Å². The standard InChI is InChI=1S/C23H20N2O2/c26-22(24-20-13-5-2-6-14-20)21-15-18-11-7-8-12-19(18)16-25(21)23(27)17-9-3-1-4-10-17/h1-14,21H,15-16H2,(H,24,26). The molecule has 2 amide bonds. The number of nitrogens with one attached hydrogen (secondary N) is 1. The van der Waals surface area contributed by atoms with Gasteiger partial charge in [0.25, 0.3) is 5.91 Å². The Balaban J connectivity index is 1.65. The van der Waals surface area contributed by atoms with E-state index in [0.717, 1.165) is 16.8 Å². The Labute approximate surface area is 158 Å². The summed E-state index contributed by atoms with van der Waals surface area (Å²) in [6, 6.07) is 25.9. The van der Waals surface area contributed by atoms with Crippen molar-refractivity contribution >= 4 is 17.5 Å². The maximum Gasteiger partial charge on any atom is 0.254 e. The maximum absolute atomic E-state index is 13.1. The Morgan fingerprint density at radius 2 is 1.37 bits per heavy atom. The van der Waals surface area contributed by atoms with Gasteiger partial charge < -0.3 is 10.2 Å². The molecule has 4 rings (SSSR count). The topological polar surface area (TPSA) is 49.4 Å². The first-order valence-electron chi connectivity index (χ1n) is 9.01. The maximum atomic E-state index is 13.1. The first-order valence-corrected chi connectivity index (χ1v) is 9.01. The van der Waals surface area contributed by atoms with Crippen LogP contribution >= 0.6 is 0 Å². The van der Waals surface area contributed by atoms with Crippen molar-refractivity contribution in [1.29, 1.82) is 0 Å². The number of anilines is 1. The lowest BCUT2D eigenvalue weighted by atomic mass is 9.92. The Morgan fingerprint density at radius 3 is 2.07 bits per heavy atom. The highest BCUT2D eigenvalue weighted by molar-refractivity contribution is 6.01. The van der Waals surface area contributed by atoms with Crippen LogP contribution in [0.2, 0.25) is 0 Å². The molecule has 1 aliphatic rings.